The van der Waals surface area contributed by atoms with Crippen molar-refractivity contribution >= 4 is 88.2 Å². The number of aliphatic hydroxyl groups is 4. The molecule has 1 aromatic carbocycles. The number of nitrogens with zero attached hydrogens (tertiary/aromatic N) is 8. The number of aliphatic imine (C=N–C) groups is 5. The normalized spacial score (nSPS) is 23.3. The molecule has 0 radical (unpaired) electrons. The number of carboxylic acids is 7. The Balaban J connectivity index is 0.00000152. The van der Waals surface area contributed by atoms with Gasteiger partial charge in [-0.05, 0) is 50.8 Å². The number of hydrogen-bond donors (Lipinski definition) is 21. The zero-order valence-corrected chi connectivity index (χ0v) is 64.7. The second kappa shape index (κ2) is 50.3. The molecule has 2 aliphatic carbocycles. The number of unbranched alkanes of at least 4 members (excludes halogenated alkanes) is 9. The number of nitrogens with two attached hydrogens (primary N) is 10. The lowest BCUT2D eigenvalue weighted by atomic mass is 9.83. The van der Waals surface area contributed by atoms with E-state index in [4.69, 9.17) is 140 Å². The van der Waals surface area contributed by atoms with Crippen LogP contribution in [0.3, 0.4) is 0 Å². The molecule has 3 saturated heterocycles. The SMILES string of the molecule is NC(N)=NC[C@H]1O[C@H](O[C@H]2[C@H](OCCCCCCCCCCCCN3CCN(c4cc5c(cc4F)c(=O)c(C(=O)O)cn5C4CC4)CC3)[C@@H](O[C@H]3O[C@H](CO)[C@@H](O)[C@H](N=C(N)N)[C@H]3O)[C@H](N=C(N)N)C[C@@H]2N=C(N)N)[C@H](N=C(N)N)C[C@@H]1O.O=C(O)C(F)(F)F.O=C(O)C(F)(F)F.O=C(O)C(F)(F)F.O=C(O)C(F)(F)F.O=C(O)C(F)(F)F.O=C(O)C(F)(F)F. The monoisotopic (exact) mass is 1860 g/mol. The molecule has 31 N–H and O–H groups in total. The van der Waals surface area contributed by atoms with Gasteiger partial charge in [-0.25, -0.2) is 57.9 Å². The van der Waals surface area contributed by atoms with E-state index < -0.39 is 188 Å². The van der Waals surface area contributed by atoms with E-state index in [0.29, 0.717) is 30.7 Å². The highest BCUT2D eigenvalue weighted by Crippen LogP contribution is 2.40. The number of alkyl halides is 18. The number of benzene rings is 1. The minimum Gasteiger partial charge on any atom is -0.477 e. The van der Waals surface area contributed by atoms with Crippen molar-refractivity contribution in [1.29, 1.82) is 0 Å². The van der Waals surface area contributed by atoms with Gasteiger partial charge in [0.1, 0.15) is 66.2 Å². The smallest absolute Gasteiger partial charge is 0.477 e. The number of hydrogen-bond acceptors (Lipinski definition) is 24. The van der Waals surface area contributed by atoms with Crippen LogP contribution in [0.5, 0.6) is 0 Å². The van der Waals surface area contributed by atoms with Crippen molar-refractivity contribution in [2.24, 2.45) is 82.3 Å². The van der Waals surface area contributed by atoms with E-state index in [2.05, 4.69) is 29.9 Å². The average Bonchev–Trinajstić information content (AvgIpc) is 1.72. The summed E-state index contributed by atoms with van der Waals surface area (Å²) in [4.78, 5) is 104. The molecule has 125 heavy (non-hydrogen) atoms. The van der Waals surface area contributed by atoms with E-state index >= 15 is 4.39 Å². The van der Waals surface area contributed by atoms with Gasteiger partial charge in [0.2, 0.25) is 5.43 Å². The first-order chi connectivity index (χ1) is 57.3. The van der Waals surface area contributed by atoms with E-state index in [1.165, 1.54) is 12.3 Å². The summed E-state index contributed by atoms with van der Waals surface area (Å²) in [7, 11) is 0. The third-order valence-corrected chi connectivity index (χ3v) is 17.2. The van der Waals surface area contributed by atoms with Gasteiger partial charge in [-0.3, -0.25) is 14.7 Å². The Hall–Kier alpha value is -10.9. The predicted molar refractivity (Wildman–Crippen MR) is 391 cm³/mol. The maximum Gasteiger partial charge on any atom is 0.490 e. The summed E-state index contributed by atoms with van der Waals surface area (Å²) in [5.74, 6) is -20.1. The van der Waals surface area contributed by atoms with Crippen LogP contribution >= 0.6 is 0 Å². The van der Waals surface area contributed by atoms with Crippen LogP contribution in [0.1, 0.15) is 106 Å². The first kappa shape index (κ1) is 112. The Bertz CT molecular complexity index is 3830. The first-order valence-corrected chi connectivity index (χ1v) is 36.0. The zero-order chi connectivity index (χ0) is 96.5. The third kappa shape index (κ3) is 40.8. The fraction of sp³-hybridized carbons (Fsp3) is 0.672. The van der Waals surface area contributed by atoms with Gasteiger partial charge in [0.05, 0.1) is 42.5 Å². The number of aromatic carboxylic acids is 1. The zero-order valence-electron chi connectivity index (χ0n) is 64.7. The molecule has 61 heteroatoms. The number of pyridine rings is 1. The van der Waals surface area contributed by atoms with Gasteiger partial charge in [-0.15, -0.1) is 0 Å². The average molecular weight is 1860 g/mol. The summed E-state index contributed by atoms with van der Waals surface area (Å²) in [5.41, 5.74) is 58.2. The third-order valence-electron chi connectivity index (χ3n) is 17.2. The van der Waals surface area contributed by atoms with Crippen LogP contribution in [-0.2, 0) is 52.5 Å². The van der Waals surface area contributed by atoms with Crippen LogP contribution in [0, 0.1) is 5.82 Å². The van der Waals surface area contributed by atoms with Crippen molar-refractivity contribution in [1.82, 2.24) is 9.47 Å². The fourth-order valence-electron chi connectivity index (χ4n) is 11.5. The van der Waals surface area contributed by atoms with Gasteiger partial charge in [0.25, 0.3) is 0 Å². The van der Waals surface area contributed by atoms with Crippen molar-refractivity contribution in [3.8, 4) is 0 Å². The molecule has 7 rings (SSSR count). The molecule has 1 aromatic heterocycles. The van der Waals surface area contributed by atoms with Crippen LogP contribution in [0.4, 0.5) is 89.1 Å². The lowest BCUT2D eigenvalue weighted by Crippen LogP contribution is -2.65. The highest BCUT2D eigenvalue weighted by Gasteiger charge is 2.55. The maximum atomic E-state index is 15.5. The number of piperazine rings is 1. The summed E-state index contributed by atoms with van der Waals surface area (Å²) < 4.78 is 240. The number of rotatable bonds is 28. The number of carboxylic acid groups (broad SMARTS) is 7. The maximum absolute atomic E-state index is 15.5. The molecule has 0 spiro atoms. The van der Waals surface area contributed by atoms with E-state index in [-0.39, 0.29) is 66.8 Å². The van der Waals surface area contributed by atoms with E-state index in [9.17, 15) is 114 Å². The number of halogens is 19. The van der Waals surface area contributed by atoms with E-state index in [1.54, 1.807) is 6.07 Å². The summed E-state index contributed by atoms with van der Waals surface area (Å²) in [6.07, 6.45) is -31.0. The van der Waals surface area contributed by atoms with E-state index in [0.717, 1.165) is 90.3 Å². The number of aromatic nitrogens is 1. The van der Waals surface area contributed by atoms with Gasteiger partial charge >= 0.3 is 78.8 Å². The molecule has 42 nitrogen and oxygen atoms in total. The van der Waals surface area contributed by atoms with E-state index in [1.807, 2.05) is 9.47 Å². The van der Waals surface area contributed by atoms with Crippen LogP contribution in [0.25, 0.3) is 10.9 Å². The molecule has 716 valence electrons. The van der Waals surface area contributed by atoms with Crippen LogP contribution < -0.4 is 67.7 Å². The fourth-order valence-corrected chi connectivity index (χ4v) is 11.5. The summed E-state index contributed by atoms with van der Waals surface area (Å²) in [6, 6.07) is -1.36. The molecule has 0 bridgehead atoms. The minimum atomic E-state index is -5.08. The summed E-state index contributed by atoms with van der Waals surface area (Å²) in [6.45, 7) is 3.06. The quantitative estimate of drug-likeness (QED) is 0.0236. The van der Waals surface area contributed by atoms with Crippen molar-refractivity contribution in [2.45, 2.75) is 219 Å². The Morgan fingerprint density at radius 3 is 1.22 bits per heavy atom. The Morgan fingerprint density at radius 1 is 0.472 bits per heavy atom. The highest BCUT2D eigenvalue weighted by molar-refractivity contribution is 5.94. The number of aliphatic hydroxyl groups excluding tert-OH is 4. The molecule has 14 atom stereocenters. The number of ether oxygens (including phenoxy) is 5. The molecule has 4 heterocycles. The Kier molecular flexibility index (Phi) is 45.2. The van der Waals surface area contributed by atoms with Crippen molar-refractivity contribution in [3.63, 3.8) is 0 Å². The molecule has 0 amide bonds. The molecule has 5 fully saturated rings. The predicted octanol–water partition coefficient (Wildman–Crippen LogP) is 0.312. The first-order valence-electron chi connectivity index (χ1n) is 36.0. The largest absolute Gasteiger partial charge is 0.490 e. The summed E-state index contributed by atoms with van der Waals surface area (Å²) >= 11 is 0. The van der Waals surface area contributed by atoms with Crippen molar-refractivity contribution in [2.75, 3.05) is 57.4 Å². The van der Waals surface area contributed by atoms with Crippen LogP contribution in [0.15, 0.2) is 48.1 Å². The second-order valence-corrected chi connectivity index (χ2v) is 26.8. The molecule has 2 saturated carbocycles. The topological polar surface area (TPSA) is 739 Å². The second-order valence-electron chi connectivity index (χ2n) is 26.8. The number of carbonyl (C=O) groups is 7. The van der Waals surface area contributed by atoms with Crippen LogP contribution in [-0.4, -0.2) is 312 Å². The lowest BCUT2D eigenvalue weighted by molar-refractivity contribution is -0.318. The van der Waals surface area contributed by atoms with Gasteiger partial charge in [0.15, 0.2) is 42.4 Å². The molecular weight excluding hydrogens is 1770 g/mol. The molecule has 0 unspecified atom stereocenters. The number of fused-ring (bicyclic) bond motifs is 1. The molecule has 5 aliphatic rings. The molecule has 3 aliphatic heterocycles. The van der Waals surface area contributed by atoms with Crippen molar-refractivity contribution in [3.05, 3.63) is 39.9 Å². The number of anilines is 1. The number of guanidine groups is 5. The van der Waals surface area contributed by atoms with Gasteiger partial charge in [-0.1, -0.05) is 51.4 Å². The van der Waals surface area contributed by atoms with Gasteiger partial charge in [0, 0.05) is 56.8 Å². The lowest BCUT2D eigenvalue weighted by Gasteiger charge is -2.48. The minimum absolute atomic E-state index is 0.0527. The van der Waals surface area contributed by atoms with Gasteiger partial charge in [-0.2, -0.15) is 79.0 Å². The molecule has 2 aromatic rings. The van der Waals surface area contributed by atoms with Crippen LogP contribution in [0.2, 0.25) is 0 Å². The Labute approximate surface area is 691 Å². The highest BCUT2D eigenvalue weighted by atomic mass is 19.4. The summed E-state index contributed by atoms with van der Waals surface area (Å²) in [5, 5.41) is 96.3. The number of aliphatic carboxylic acids is 6. The Morgan fingerprint density at radius 2 is 0.848 bits per heavy atom. The van der Waals surface area contributed by atoms with Gasteiger partial charge < -0.3 is 147 Å². The van der Waals surface area contributed by atoms with Crippen molar-refractivity contribution < 1.29 is 197 Å². The standard InChI is InChI=1S/C52H87FN18O12.6C2HF3O2/c53-29-19-27-33(71(26-11-12-26)24-28(39(27)74)45(77)78)22-34(29)70-16-14-69(15-17-70)13-9-7-5-3-1-2-4-6-8-10-18-79-44-42(82-46-32(67-51(60)61)21-35(73)36(80-46)23-64-48(54)55)30(65-49(56)57)20-31(66-50(58)59)43(44)83-47-41(76)38(68-52(62)63)40(75)37(25-72)81-47;6*3-2(4,5)1(6)7/h19,22,24,26,30-32,35-38,40-44,46-47,72-73,75-76H,1-18,20-21,23,25H2,(H,77,78)(H4,54,55,64)(H4,56,57,65)(H4,58,59,66)(H4,60,61,67)(H4,62,63,68);6*(H,6,7)/t30-,31+,32+,35-,36+,37+,38-,40+,41+,42+,43-,44-,46+,47+;;;;;;/m0....../s1. The molecular formula is C64H93F19N18O24.